The van der Waals surface area contributed by atoms with Crippen LogP contribution in [0.3, 0.4) is 0 Å². The molecule has 1 aromatic carbocycles. The van der Waals surface area contributed by atoms with Crippen molar-refractivity contribution in [3.05, 3.63) is 29.8 Å². The Kier molecular flexibility index (Phi) is 6.64. The summed E-state index contributed by atoms with van der Waals surface area (Å²) in [5, 5.41) is 14.8. The van der Waals surface area contributed by atoms with Gasteiger partial charge in [-0.1, -0.05) is 19.1 Å². The molecular formula is C18H27N3O4. The minimum atomic E-state index is -0.817. The van der Waals surface area contributed by atoms with Gasteiger partial charge in [0.25, 0.3) is 0 Å². The van der Waals surface area contributed by atoms with Gasteiger partial charge in [0.2, 0.25) is 0 Å². The van der Waals surface area contributed by atoms with Crippen LogP contribution in [0, 0.1) is 0 Å². The second-order valence-electron chi connectivity index (χ2n) is 6.40. The number of nitrogens with zero attached hydrogens (tertiary/aromatic N) is 1. The fraction of sp³-hybridized carbons (Fsp3) is 0.556. The lowest BCUT2D eigenvalue weighted by Gasteiger charge is -2.42. The summed E-state index contributed by atoms with van der Waals surface area (Å²) in [5.74, 6) is -0.0606. The molecule has 3 N–H and O–H groups in total. The molecule has 0 aromatic heterocycles. The number of amides is 2. The maximum Gasteiger partial charge on any atom is 0.317 e. The van der Waals surface area contributed by atoms with E-state index in [0.717, 1.165) is 24.2 Å². The van der Waals surface area contributed by atoms with Gasteiger partial charge < -0.3 is 20.5 Å². The van der Waals surface area contributed by atoms with E-state index in [-0.39, 0.29) is 30.7 Å². The molecule has 2 amide bonds. The quantitative estimate of drug-likeness (QED) is 0.668. The number of rotatable bonds is 8. The molecule has 0 radical (unpaired) electrons. The lowest BCUT2D eigenvalue weighted by atomic mass is 9.85. The number of carbonyl (C=O) groups is 2. The molecule has 0 saturated heterocycles. The zero-order valence-corrected chi connectivity index (χ0v) is 15.0. The van der Waals surface area contributed by atoms with Crippen LogP contribution in [0.1, 0.15) is 38.3 Å². The molecular weight excluding hydrogens is 322 g/mol. The third-order valence-electron chi connectivity index (χ3n) is 4.65. The average Bonchev–Trinajstić information content (AvgIpc) is 2.55. The van der Waals surface area contributed by atoms with E-state index >= 15 is 0 Å². The highest BCUT2D eigenvalue weighted by Crippen LogP contribution is 2.25. The summed E-state index contributed by atoms with van der Waals surface area (Å²) >= 11 is 0. The number of carboxylic acid groups (broad SMARTS) is 1. The molecule has 0 heterocycles. The smallest absolute Gasteiger partial charge is 0.317 e. The Labute approximate surface area is 148 Å². The molecule has 1 aliphatic rings. The first-order valence-corrected chi connectivity index (χ1v) is 8.59. The second kappa shape index (κ2) is 8.71. The first kappa shape index (κ1) is 19.1. The molecule has 1 aromatic rings. The summed E-state index contributed by atoms with van der Waals surface area (Å²) in [5.41, 5.74) is 0.972. The molecule has 0 bridgehead atoms. The highest BCUT2D eigenvalue weighted by Gasteiger charge is 2.34. The van der Waals surface area contributed by atoms with Crippen molar-refractivity contribution in [1.29, 1.82) is 0 Å². The van der Waals surface area contributed by atoms with Gasteiger partial charge in [-0.05, 0) is 44.0 Å². The van der Waals surface area contributed by atoms with Gasteiger partial charge in [-0.25, -0.2) is 4.79 Å². The lowest BCUT2D eigenvalue weighted by Crippen LogP contribution is -2.56. The largest absolute Gasteiger partial charge is 0.497 e. The van der Waals surface area contributed by atoms with Gasteiger partial charge in [0.05, 0.1) is 19.7 Å². The van der Waals surface area contributed by atoms with Crippen molar-refractivity contribution in [3.8, 4) is 5.75 Å². The van der Waals surface area contributed by atoms with Crippen LogP contribution in [0.25, 0.3) is 0 Å². The van der Waals surface area contributed by atoms with E-state index in [1.165, 1.54) is 0 Å². The molecule has 1 atom stereocenters. The van der Waals surface area contributed by atoms with E-state index in [0.29, 0.717) is 6.54 Å². The molecule has 25 heavy (non-hydrogen) atoms. The summed E-state index contributed by atoms with van der Waals surface area (Å²) in [4.78, 5) is 24.9. The third kappa shape index (κ3) is 5.35. The van der Waals surface area contributed by atoms with Crippen molar-refractivity contribution in [2.45, 2.75) is 44.8 Å². The van der Waals surface area contributed by atoms with Crippen molar-refractivity contribution in [2.24, 2.45) is 0 Å². The molecule has 7 nitrogen and oxygen atoms in total. The van der Waals surface area contributed by atoms with Crippen molar-refractivity contribution < 1.29 is 19.4 Å². The Morgan fingerprint density at radius 1 is 1.40 bits per heavy atom. The number of aliphatic carboxylic acids is 1. The van der Waals surface area contributed by atoms with Crippen LogP contribution in [0.15, 0.2) is 24.3 Å². The number of nitrogens with one attached hydrogen (secondary N) is 2. The van der Waals surface area contributed by atoms with Crippen LogP contribution >= 0.6 is 0 Å². The number of carboxylic acids is 1. The van der Waals surface area contributed by atoms with Crippen LogP contribution in [0.5, 0.6) is 5.75 Å². The summed E-state index contributed by atoms with van der Waals surface area (Å²) in [6.45, 7) is 4.62. The monoisotopic (exact) mass is 349 g/mol. The van der Waals surface area contributed by atoms with E-state index in [1.54, 1.807) is 7.11 Å². The molecule has 0 spiro atoms. The van der Waals surface area contributed by atoms with Gasteiger partial charge in [0, 0.05) is 12.1 Å². The molecule has 0 aliphatic heterocycles. The molecule has 2 rings (SSSR count). The Bertz CT molecular complexity index is 602. The van der Waals surface area contributed by atoms with Gasteiger partial charge in [0.15, 0.2) is 0 Å². The SMILES string of the molecule is CCN(CC(=O)O)C1CC(NC(=O)NC(C)c2cccc(OC)c2)C1. The fourth-order valence-electron chi connectivity index (χ4n) is 3.09. The van der Waals surface area contributed by atoms with Crippen molar-refractivity contribution in [3.63, 3.8) is 0 Å². The summed E-state index contributed by atoms with van der Waals surface area (Å²) in [6.07, 6.45) is 1.56. The van der Waals surface area contributed by atoms with Gasteiger partial charge in [-0.2, -0.15) is 0 Å². The van der Waals surface area contributed by atoms with Crippen LogP contribution in [0.2, 0.25) is 0 Å². The Balaban J connectivity index is 1.77. The van der Waals surface area contributed by atoms with Crippen LogP contribution in [0.4, 0.5) is 4.79 Å². The number of urea groups is 1. The number of hydrogen-bond donors (Lipinski definition) is 3. The number of likely N-dealkylation sites (N-methyl/N-ethyl adjacent to an activating group) is 1. The number of ether oxygens (including phenoxy) is 1. The summed E-state index contributed by atoms with van der Waals surface area (Å²) in [7, 11) is 1.61. The van der Waals surface area contributed by atoms with Crippen molar-refractivity contribution in [1.82, 2.24) is 15.5 Å². The van der Waals surface area contributed by atoms with E-state index in [2.05, 4.69) is 10.6 Å². The maximum atomic E-state index is 12.1. The molecule has 7 heteroatoms. The number of methoxy groups -OCH3 is 1. The minimum Gasteiger partial charge on any atom is -0.497 e. The minimum absolute atomic E-state index is 0.0486. The lowest BCUT2D eigenvalue weighted by molar-refractivity contribution is -0.139. The van der Waals surface area contributed by atoms with E-state index in [4.69, 9.17) is 9.84 Å². The van der Waals surface area contributed by atoms with E-state index in [9.17, 15) is 9.59 Å². The molecule has 1 fully saturated rings. The zero-order valence-electron chi connectivity index (χ0n) is 15.0. The second-order valence-corrected chi connectivity index (χ2v) is 6.40. The molecule has 1 aliphatic carbocycles. The number of carbonyl (C=O) groups excluding carboxylic acids is 1. The van der Waals surface area contributed by atoms with E-state index < -0.39 is 5.97 Å². The fourth-order valence-corrected chi connectivity index (χ4v) is 3.09. The topological polar surface area (TPSA) is 90.9 Å². The summed E-state index contributed by atoms with van der Waals surface area (Å²) < 4.78 is 5.20. The van der Waals surface area contributed by atoms with Crippen molar-refractivity contribution >= 4 is 12.0 Å². The molecule has 1 unspecified atom stereocenters. The van der Waals surface area contributed by atoms with E-state index in [1.807, 2.05) is 43.0 Å². The van der Waals surface area contributed by atoms with Crippen molar-refractivity contribution in [2.75, 3.05) is 20.2 Å². The van der Waals surface area contributed by atoms with Gasteiger partial charge >= 0.3 is 12.0 Å². The Morgan fingerprint density at radius 3 is 2.72 bits per heavy atom. The first-order chi connectivity index (χ1) is 11.9. The van der Waals surface area contributed by atoms with Gasteiger partial charge in [-0.3, -0.25) is 9.69 Å². The highest BCUT2D eigenvalue weighted by molar-refractivity contribution is 5.75. The standard InChI is InChI=1S/C18H27N3O4/c1-4-21(11-17(22)23)15-9-14(10-15)20-18(24)19-12(2)13-6-5-7-16(8-13)25-3/h5-8,12,14-15H,4,9-11H2,1-3H3,(H,22,23)(H2,19,20,24). The Hall–Kier alpha value is -2.28. The highest BCUT2D eigenvalue weighted by atomic mass is 16.5. The molecule has 1 saturated carbocycles. The predicted molar refractivity (Wildman–Crippen MR) is 94.8 cm³/mol. The first-order valence-electron chi connectivity index (χ1n) is 8.59. The zero-order chi connectivity index (χ0) is 18.4. The van der Waals surface area contributed by atoms with Gasteiger partial charge in [0.1, 0.15) is 5.75 Å². The molecule has 138 valence electrons. The maximum absolute atomic E-state index is 12.1. The number of hydrogen-bond acceptors (Lipinski definition) is 4. The normalized spacial score (nSPS) is 20.5. The predicted octanol–water partition coefficient (Wildman–Crippen LogP) is 1.99. The Morgan fingerprint density at radius 2 is 2.12 bits per heavy atom. The van der Waals surface area contributed by atoms with Crippen LogP contribution < -0.4 is 15.4 Å². The van der Waals surface area contributed by atoms with Gasteiger partial charge in [-0.15, -0.1) is 0 Å². The third-order valence-corrected chi connectivity index (χ3v) is 4.65. The van der Waals surface area contributed by atoms with Crippen LogP contribution in [-0.2, 0) is 4.79 Å². The summed E-state index contributed by atoms with van der Waals surface area (Å²) in [6, 6.07) is 7.56. The average molecular weight is 349 g/mol. The van der Waals surface area contributed by atoms with Crippen LogP contribution in [-0.4, -0.2) is 54.3 Å². The number of benzene rings is 1.